The molecule has 1 heterocycles. The van der Waals surface area contributed by atoms with E-state index in [0.29, 0.717) is 17.5 Å². The zero-order valence-corrected chi connectivity index (χ0v) is 21.9. The lowest BCUT2D eigenvalue weighted by Crippen LogP contribution is -2.24. The summed E-state index contributed by atoms with van der Waals surface area (Å²) in [4.78, 5) is 16.0. The van der Waals surface area contributed by atoms with Gasteiger partial charge in [-0.1, -0.05) is 57.5 Å². The number of carbonyl (C=O) groups excluding carboxylic acids is 1. The highest BCUT2D eigenvalue weighted by Gasteiger charge is 2.28. The fourth-order valence-corrected chi connectivity index (χ4v) is 5.34. The molecular weight excluding hydrogens is 435 g/mol. The molecule has 3 nitrogen and oxygen atoms in total. The van der Waals surface area contributed by atoms with Gasteiger partial charge in [0.25, 0.3) is 0 Å². The number of hydrogen-bond donors (Lipinski definition) is 1. The van der Waals surface area contributed by atoms with Crippen LogP contribution in [-0.4, -0.2) is 23.4 Å². The van der Waals surface area contributed by atoms with Crippen LogP contribution >= 0.6 is 0 Å². The third-order valence-corrected chi connectivity index (χ3v) is 7.69. The lowest BCUT2D eigenvalue weighted by Gasteiger charge is -2.27. The number of nitrogens with zero attached hydrogens (tertiary/aromatic N) is 1. The summed E-state index contributed by atoms with van der Waals surface area (Å²) in [7, 11) is 0. The molecular formula is C31H39FN2O. The first-order valence-electron chi connectivity index (χ1n) is 13.2. The van der Waals surface area contributed by atoms with E-state index in [1.165, 1.54) is 34.0 Å². The van der Waals surface area contributed by atoms with E-state index >= 15 is 0 Å². The monoisotopic (exact) mass is 474 g/mol. The molecule has 186 valence electrons. The van der Waals surface area contributed by atoms with Crippen molar-refractivity contribution < 1.29 is 9.18 Å². The van der Waals surface area contributed by atoms with Gasteiger partial charge < -0.3 is 5.32 Å². The van der Waals surface area contributed by atoms with Gasteiger partial charge >= 0.3 is 0 Å². The van der Waals surface area contributed by atoms with Crippen molar-refractivity contribution in [2.75, 3.05) is 6.54 Å². The van der Waals surface area contributed by atoms with Gasteiger partial charge in [0.15, 0.2) is 0 Å². The van der Waals surface area contributed by atoms with Gasteiger partial charge in [-0.3, -0.25) is 9.78 Å². The second-order valence-electron chi connectivity index (χ2n) is 10.7. The molecule has 0 bridgehead atoms. The van der Waals surface area contributed by atoms with Crippen LogP contribution in [0.5, 0.6) is 0 Å². The average Bonchev–Trinajstić information content (AvgIpc) is 3.26. The van der Waals surface area contributed by atoms with E-state index in [9.17, 15) is 9.18 Å². The first-order valence-corrected chi connectivity index (χ1v) is 13.2. The van der Waals surface area contributed by atoms with E-state index in [0.717, 1.165) is 56.3 Å². The Kier molecular flexibility index (Phi) is 8.01. The van der Waals surface area contributed by atoms with Gasteiger partial charge in [-0.2, -0.15) is 0 Å². The molecule has 2 aliphatic carbocycles. The maximum absolute atomic E-state index is 14.9. The van der Waals surface area contributed by atoms with Crippen molar-refractivity contribution in [3.63, 3.8) is 0 Å². The number of fused-ring (bicyclic) bond motifs is 1. The molecule has 1 unspecified atom stereocenters. The fraction of sp³-hybridized carbons (Fsp3) is 0.484. The predicted octanol–water partition coefficient (Wildman–Crippen LogP) is 6.44. The Hall–Kier alpha value is -2.59. The van der Waals surface area contributed by atoms with Gasteiger partial charge in [-0.25, -0.2) is 4.39 Å². The maximum atomic E-state index is 14.9. The highest BCUT2D eigenvalue weighted by atomic mass is 19.1. The lowest BCUT2D eigenvalue weighted by atomic mass is 9.78. The molecule has 0 radical (unpaired) electrons. The number of carbonyl (C=O) groups is 1. The predicted molar refractivity (Wildman–Crippen MR) is 142 cm³/mol. The molecule has 0 fully saturated rings. The molecule has 2 atom stereocenters. The molecule has 0 saturated carbocycles. The molecule has 35 heavy (non-hydrogen) atoms. The van der Waals surface area contributed by atoms with E-state index in [-0.39, 0.29) is 17.5 Å². The zero-order valence-electron chi connectivity index (χ0n) is 21.9. The van der Waals surface area contributed by atoms with E-state index in [1.807, 2.05) is 13.0 Å². The topological polar surface area (TPSA) is 42.0 Å². The van der Waals surface area contributed by atoms with Crippen LogP contribution in [0.15, 0.2) is 47.7 Å². The summed E-state index contributed by atoms with van der Waals surface area (Å²) in [5.74, 6) is 0.528. The molecule has 0 aliphatic heterocycles. The third-order valence-electron chi connectivity index (χ3n) is 7.69. The van der Waals surface area contributed by atoms with Crippen molar-refractivity contribution in [1.29, 1.82) is 0 Å². The second kappa shape index (κ2) is 11.0. The summed E-state index contributed by atoms with van der Waals surface area (Å²) in [5, 5.41) is 3.54. The smallest absolute Gasteiger partial charge is 0.149 e. The number of aromatic nitrogens is 1. The number of aryl methyl sites for hydroxylation is 2. The van der Waals surface area contributed by atoms with Crippen LogP contribution in [0.2, 0.25) is 0 Å². The Labute approximate surface area is 209 Å². The molecule has 4 heteroatoms. The van der Waals surface area contributed by atoms with Gasteiger partial charge in [-0.05, 0) is 85.3 Å². The number of rotatable bonds is 9. The van der Waals surface area contributed by atoms with Gasteiger partial charge in [0.2, 0.25) is 0 Å². The highest BCUT2D eigenvalue weighted by Crippen LogP contribution is 2.41. The number of halogens is 1. The summed E-state index contributed by atoms with van der Waals surface area (Å²) in [6.07, 6.45) is 9.33. The van der Waals surface area contributed by atoms with Crippen molar-refractivity contribution in [2.24, 2.45) is 11.8 Å². The quantitative estimate of drug-likeness (QED) is 0.455. The van der Waals surface area contributed by atoms with E-state index in [1.54, 1.807) is 6.92 Å². The van der Waals surface area contributed by atoms with Gasteiger partial charge in [0.05, 0.1) is 6.20 Å². The Morgan fingerprint density at radius 1 is 1.20 bits per heavy atom. The summed E-state index contributed by atoms with van der Waals surface area (Å²) < 4.78 is 14.9. The second-order valence-corrected chi connectivity index (χ2v) is 10.7. The van der Waals surface area contributed by atoms with Gasteiger partial charge in [0, 0.05) is 29.8 Å². The molecule has 2 aromatic rings. The summed E-state index contributed by atoms with van der Waals surface area (Å²) in [6.45, 7) is 10.8. The minimum Gasteiger partial charge on any atom is -0.310 e. The van der Waals surface area contributed by atoms with Crippen LogP contribution in [0, 0.1) is 17.7 Å². The first kappa shape index (κ1) is 25.5. The number of hydrogen-bond acceptors (Lipinski definition) is 3. The minimum atomic E-state index is -0.230. The van der Waals surface area contributed by atoms with E-state index in [4.69, 9.17) is 0 Å². The number of ketones is 1. The lowest BCUT2D eigenvalue weighted by molar-refractivity contribution is -0.120. The Balaban J connectivity index is 1.57. The molecule has 1 N–H and O–H groups in total. The molecule has 0 spiro atoms. The van der Waals surface area contributed by atoms with Crippen LogP contribution in [-0.2, 0) is 30.5 Å². The fourth-order valence-electron chi connectivity index (χ4n) is 5.34. The van der Waals surface area contributed by atoms with Crippen molar-refractivity contribution >= 4 is 11.4 Å². The van der Waals surface area contributed by atoms with Crippen LogP contribution in [0.1, 0.15) is 75.4 Å². The summed E-state index contributed by atoms with van der Waals surface area (Å²) >= 11 is 0. The number of nitrogens with one attached hydrogen (secondary N) is 1. The number of pyridine rings is 1. The maximum Gasteiger partial charge on any atom is 0.149 e. The first-order chi connectivity index (χ1) is 16.7. The summed E-state index contributed by atoms with van der Waals surface area (Å²) in [6, 6.07) is 9.08. The Morgan fingerprint density at radius 2 is 2.00 bits per heavy atom. The van der Waals surface area contributed by atoms with Crippen LogP contribution in [0.25, 0.3) is 5.57 Å². The minimum absolute atomic E-state index is 0.0519. The molecule has 0 saturated heterocycles. The number of allylic oxidation sites excluding steroid dienone is 2. The Bertz CT molecular complexity index is 1160. The summed E-state index contributed by atoms with van der Waals surface area (Å²) in [5.41, 5.74) is 9.46. The normalized spacial score (nSPS) is 18.6. The van der Waals surface area contributed by atoms with Crippen molar-refractivity contribution in [2.45, 2.75) is 79.2 Å². The molecule has 1 aromatic carbocycles. The zero-order chi connectivity index (χ0) is 25.1. The molecule has 2 aliphatic rings. The number of Topliss-reactive ketones (excluding diaryl/α,β-unsaturated/α-hetero) is 1. The SMILES string of the molecule is CCc1cc(C2=C(CNC(C)C)C=C([C@H]3CCc4ccc(CC(C)C(C)=O)cc4C3)C2)c(F)cn1. The van der Waals surface area contributed by atoms with Crippen LogP contribution < -0.4 is 5.32 Å². The largest absolute Gasteiger partial charge is 0.310 e. The molecule has 4 rings (SSSR count). The van der Waals surface area contributed by atoms with Crippen molar-refractivity contribution in [3.8, 4) is 0 Å². The van der Waals surface area contributed by atoms with E-state index < -0.39 is 0 Å². The van der Waals surface area contributed by atoms with E-state index in [2.05, 4.69) is 55.3 Å². The van der Waals surface area contributed by atoms with Gasteiger partial charge in [0.1, 0.15) is 11.6 Å². The third kappa shape index (κ3) is 5.98. The van der Waals surface area contributed by atoms with Crippen molar-refractivity contribution in [3.05, 3.63) is 81.4 Å². The molecule has 0 amide bonds. The standard InChI is InChI=1S/C31H39FN2O/c1-6-28-16-30(31(32)18-34-28)29-15-26(14-27(29)17-33-19(2)3)24-10-9-23-8-7-22(12-25(23)13-24)11-20(4)21(5)35/h7-8,12,14,16,18-20,24,33H,6,9-11,13,15,17H2,1-5H3/t20?,24-/m0/s1. The molecule has 1 aromatic heterocycles. The van der Waals surface area contributed by atoms with Gasteiger partial charge in [-0.15, -0.1) is 0 Å². The van der Waals surface area contributed by atoms with Crippen LogP contribution in [0.4, 0.5) is 4.39 Å². The average molecular weight is 475 g/mol. The highest BCUT2D eigenvalue weighted by molar-refractivity contribution is 5.78. The number of benzene rings is 1. The van der Waals surface area contributed by atoms with Crippen LogP contribution in [0.3, 0.4) is 0 Å². The Morgan fingerprint density at radius 3 is 2.71 bits per heavy atom. The van der Waals surface area contributed by atoms with Crippen molar-refractivity contribution in [1.82, 2.24) is 10.3 Å².